The molecule has 6 nitrogen and oxygen atoms in total. The molecule has 0 aromatic heterocycles. The van der Waals surface area contributed by atoms with E-state index in [1.165, 1.54) is 0 Å². The van der Waals surface area contributed by atoms with Gasteiger partial charge in [0.05, 0.1) is 6.61 Å². The van der Waals surface area contributed by atoms with Crippen molar-refractivity contribution in [2.24, 2.45) is 0 Å². The van der Waals surface area contributed by atoms with Crippen molar-refractivity contribution in [1.82, 2.24) is 0 Å². The van der Waals surface area contributed by atoms with Gasteiger partial charge in [0.25, 0.3) is 0 Å². The molecule has 0 radical (unpaired) electrons. The fourth-order valence-corrected chi connectivity index (χ4v) is 6.65. The number of carbonyl (C=O) groups excluding carboxylic acids is 1. The highest BCUT2D eigenvalue weighted by atomic mass is 29.3. The van der Waals surface area contributed by atoms with Crippen molar-refractivity contribution >= 4 is 21.6 Å². The number of rotatable bonds is 1. The van der Waals surface area contributed by atoms with Crippen LogP contribution < -0.4 is 0 Å². The zero-order valence-corrected chi connectivity index (χ0v) is 12.9. The Morgan fingerprint density at radius 3 is 2.22 bits per heavy atom. The van der Waals surface area contributed by atoms with Crippen molar-refractivity contribution < 1.29 is 28.6 Å². The third-order valence-electron chi connectivity index (χ3n) is 3.78. The Bertz CT molecular complexity index is 417. The molecule has 2 aliphatic heterocycles. The van der Waals surface area contributed by atoms with Crippen LogP contribution in [0.5, 0.6) is 0 Å². The number of cyclic esters (lactones) is 1. The van der Waals surface area contributed by atoms with Crippen LogP contribution in [0.15, 0.2) is 11.5 Å². The first-order valence-electron chi connectivity index (χ1n) is 5.80. The molecule has 2 N–H and O–H groups in total. The SMILES string of the molecule is C[Si]1(C)OC[C@@H]([C@H]2OC(=O)C(O)=C2O)O[Si]1(C)C. The summed E-state index contributed by atoms with van der Waals surface area (Å²) < 4.78 is 16.8. The van der Waals surface area contributed by atoms with Crippen molar-refractivity contribution in [3.63, 3.8) is 0 Å². The Labute approximate surface area is 107 Å². The van der Waals surface area contributed by atoms with Crippen molar-refractivity contribution in [3.8, 4) is 0 Å². The minimum Gasteiger partial charge on any atom is -0.505 e. The van der Waals surface area contributed by atoms with Gasteiger partial charge < -0.3 is 23.8 Å². The van der Waals surface area contributed by atoms with E-state index in [0.29, 0.717) is 0 Å². The van der Waals surface area contributed by atoms with Gasteiger partial charge in [0.2, 0.25) is 21.4 Å². The van der Waals surface area contributed by atoms with Crippen LogP contribution in [0.25, 0.3) is 0 Å². The molecule has 2 heterocycles. The maximum Gasteiger partial charge on any atom is 0.377 e. The van der Waals surface area contributed by atoms with Crippen LogP contribution in [0.4, 0.5) is 0 Å². The minimum atomic E-state index is -2.01. The van der Waals surface area contributed by atoms with Crippen molar-refractivity contribution in [1.29, 1.82) is 0 Å². The van der Waals surface area contributed by atoms with Crippen LogP contribution in [0.1, 0.15) is 0 Å². The number of hydrogen-bond acceptors (Lipinski definition) is 6. The van der Waals surface area contributed by atoms with Gasteiger partial charge in [-0.25, -0.2) is 4.79 Å². The van der Waals surface area contributed by atoms with E-state index >= 15 is 0 Å². The normalized spacial score (nSPS) is 34.6. The molecule has 2 aliphatic rings. The number of carbonyl (C=O) groups is 1. The molecule has 1 fully saturated rings. The van der Waals surface area contributed by atoms with Gasteiger partial charge in [0.1, 0.15) is 6.10 Å². The van der Waals surface area contributed by atoms with Crippen molar-refractivity contribution in [2.75, 3.05) is 6.61 Å². The Hall–Kier alpha value is -0.836. The van der Waals surface area contributed by atoms with Crippen LogP contribution in [0.2, 0.25) is 26.2 Å². The Kier molecular flexibility index (Phi) is 3.08. The summed E-state index contributed by atoms with van der Waals surface area (Å²) in [5.74, 6) is -2.10. The Morgan fingerprint density at radius 1 is 1.17 bits per heavy atom. The zero-order valence-electron chi connectivity index (χ0n) is 10.9. The van der Waals surface area contributed by atoms with Crippen LogP contribution in [-0.2, 0) is 18.4 Å². The molecule has 1 saturated heterocycles. The smallest absolute Gasteiger partial charge is 0.377 e. The van der Waals surface area contributed by atoms with Gasteiger partial charge in [-0.15, -0.1) is 0 Å². The van der Waals surface area contributed by atoms with Gasteiger partial charge in [0.15, 0.2) is 11.9 Å². The Morgan fingerprint density at radius 2 is 1.78 bits per heavy atom. The first-order chi connectivity index (χ1) is 8.16. The van der Waals surface area contributed by atoms with Crippen LogP contribution in [0.3, 0.4) is 0 Å². The molecule has 0 amide bonds. The summed E-state index contributed by atoms with van der Waals surface area (Å²) in [4.78, 5) is 11.2. The van der Waals surface area contributed by atoms with Crippen LogP contribution >= 0.6 is 0 Å². The van der Waals surface area contributed by atoms with E-state index in [1.54, 1.807) is 0 Å². The highest BCUT2D eigenvalue weighted by molar-refractivity contribution is 7.35. The van der Waals surface area contributed by atoms with Gasteiger partial charge in [-0.05, 0) is 26.2 Å². The molecule has 102 valence electrons. The van der Waals surface area contributed by atoms with Crippen LogP contribution in [0, 0.1) is 0 Å². The average molecular weight is 290 g/mol. The number of aliphatic hydroxyl groups is 2. The third-order valence-corrected chi connectivity index (χ3v) is 17.9. The van der Waals surface area contributed by atoms with E-state index in [4.69, 9.17) is 13.6 Å². The molecule has 0 saturated carbocycles. The molecule has 18 heavy (non-hydrogen) atoms. The van der Waals surface area contributed by atoms with Crippen LogP contribution in [-0.4, -0.2) is 50.7 Å². The number of esters is 1. The lowest BCUT2D eigenvalue weighted by atomic mass is 10.2. The maximum absolute atomic E-state index is 11.2. The first kappa shape index (κ1) is 13.6. The summed E-state index contributed by atoms with van der Waals surface area (Å²) in [5, 5.41) is 18.9. The fraction of sp³-hybridized carbons (Fsp3) is 0.700. The maximum atomic E-state index is 11.2. The minimum absolute atomic E-state index is 0.269. The largest absolute Gasteiger partial charge is 0.505 e. The number of aliphatic hydroxyl groups excluding tert-OH is 2. The predicted molar refractivity (Wildman–Crippen MR) is 68.0 cm³/mol. The molecular formula is C10H18O6Si2. The molecule has 2 atom stereocenters. The zero-order chi connectivity index (χ0) is 13.7. The van der Waals surface area contributed by atoms with Gasteiger partial charge in [-0.1, -0.05) is 0 Å². The van der Waals surface area contributed by atoms with E-state index in [9.17, 15) is 15.0 Å². The molecule has 0 spiro atoms. The lowest BCUT2D eigenvalue weighted by Gasteiger charge is -2.45. The highest BCUT2D eigenvalue weighted by Crippen LogP contribution is 2.33. The highest BCUT2D eigenvalue weighted by Gasteiger charge is 2.53. The van der Waals surface area contributed by atoms with E-state index in [1.807, 2.05) is 0 Å². The predicted octanol–water partition coefficient (Wildman–Crippen LogP) is 1.14. The quantitative estimate of drug-likeness (QED) is 0.556. The van der Waals surface area contributed by atoms with Crippen molar-refractivity contribution in [3.05, 3.63) is 11.5 Å². The Balaban J connectivity index is 2.17. The second kappa shape index (κ2) is 4.08. The summed E-state index contributed by atoms with van der Waals surface area (Å²) in [7, 11) is -3.86. The molecule has 2 rings (SSSR count). The molecule has 0 aliphatic carbocycles. The van der Waals surface area contributed by atoms with E-state index in [2.05, 4.69) is 26.2 Å². The molecule has 0 unspecified atom stereocenters. The molecule has 0 aromatic rings. The lowest BCUT2D eigenvalue weighted by molar-refractivity contribution is -0.147. The van der Waals surface area contributed by atoms with E-state index < -0.39 is 45.4 Å². The average Bonchev–Trinajstić information content (AvgIpc) is 2.50. The summed E-state index contributed by atoms with van der Waals surface area (Å²) in [5.41, 5.74) is 0. The molecule has 8 heteroatoms. The van der Waals surface area contributed by atoms with Gasteiger partial charge in [-0.3, -0.25) is 0 Å². The van der Waals surface area contributed by atoms with Crippen molar-refractivity contribution in [2.45, 2.75) is 38.4 Å². The lowest BCUT2D eigenvalue weighted by Crippen LogP contribution is -2.66. The molecular weight excluding hydrogens is 272 g/mol. The fourth-order valence-electron chi connectivity index (χ4n) is 1.89. The van der Waals surface area contributed by atoms with Gasteiger partial charge in [-0.2, -0.15) is 0 Å². The summed E-state index contributed by atoms with van der Waals surface area (Å²) in [6.07, 6.45) is -1.49. The number of hydrogen-bond donors (Lipinski definition) is 2. The summed E-state index contributed by atoms with van der Waals surface area (Å²) in [6, 6.07) is 0. The third kappa shape index (κ3) is 1.98. The van der Waals surface area contributed by atoms with E-state index in [0.717, 1.165) is 0 Å². The monoisotopic (exact) mass is 290 g/mol. The summed E-state index contributed by atoms with van der Waals surface area (Å²) >= 11 is 0. The second-order valence-electron chi connectivity index (χ2n) is 5.55. The van der Waals surface area contributed by atoms with Gasteiger partial charge in [0, 0.05) is 0 Å². The standard InChI is InChI=1S/C10H18O6Si2/c1-17(2)14-5-6(16-18(17,3)4)9-7(11)8(12)10(13)15-9/h6,9,11-12H,5H2,1-4H3/t6-,9+/m0/s1. The number of ether oxygens (including phenoxy) is 1. The first-order valence-corrected chi connectivity index (χ1v) is 12.6. The topological polar surface area (TPSA) is 85.2 Å². The molecule has 0 aromatic carbocycles. The second-order valence-corrected chi connectivity index (χ2v) is 19.3. The van der Waals surface area contributed by atoms with E-state index in [-0.39, 0.29) is 6.61 Å². The molecule has 0 bridgehead atoms. The summed E-state index contributed by atoms with van der Waals surface area (Å²) in [6.45, 7) is 8.59. The van der Waals surface area contributed by atoms with Gasteiger partial charge >= 0.3 is 5.97 Å².